The van der Waals surface area contributed by atoms with Gasteiger partial charge >= 0.3 is 5.97 Å². The fourth-order valence-corrected chi connectivity index (χ4v) is 3.27. The summed E-state index contributed by atoms with van der Waals surface area (Å²) in [6.45, 7) is 0.159. The SMILES string of the molecule is NC(=O)CCc1ccc(Oc2ccc(/C(=C\c3ccc4c(c3)OCO4)C(=O)O)cc2)cc1. The highest BCUT2D eigenvalue weighted by molar-refractivity contribution is 6.20. The van der Waals surface area contributed by atoms with Crippen LogP contribution in [0.5, 0.6) is 23.0 Å². The van der Waals surface area contributed by atoms with E-state index in [4.69, 9.17) is 19.9 Å². The van der Waals surface area contributed by atoms with Gasteiger partial charge in [-0.15, -0.1) is 0 Å². The van der Waals surface area contributed by atoms with Crippen molar-refractivity contribution in [1.82, 2.24) is 0 Å². The van der Waals surface area contributed by atoms with Crippen molar-refractivity contribution in [1.29, 1.82) is 0 Å². The molecular weight excluding hydrogens is 410 g/mol. The van der Waals surface area contributed by atoms with Crippen molar-refractivity contribution in [3.8, 4) is 23.0 Å². The lowest BCUT2D eigenvalue weighted by atomic mass is 10.0. The summed E-state index contributed by atoms with van der Waals surface area (Å²) in [6.07, 6.45) is 2.47. The van der Waals surface area contributed by atoms with Crippen molar-refractivity contribution in [2.45, 2.75) is 12.8 Å². The first-order valence-electron chi connectivity index (χ1n) is 9.98. The third-order valence-corrected chi connectivity index (χ3v) is 4.92. The van der Waals surface area contributed by atoms with Gasteiger partial charge in [0.25, 0.3) is 0 Å². The van der Waals surface area contributed by atoms with Crippen LogP contribution < -0.4 is 19.9 Å². The van der Waals surface area contributed by atoms with Crippen LogP contribution in [-0.2, 0) is 16.0 Å². The minimum atomic E-state index is -1.04. The van der Waals surface area contributed by atoms with Crippen LogP contribution in [0.25, 0.3) is 11.6 Å². The number of benzene rings is 3. The Bertz CT molecular complexity index is 1170. The van der Waals surface area contributed by atoms with Crippen molar-refractivity contribution in [2.24, 2.45) is 5.73 Å². The number of aryl methyl sites for hydroxylation is 1. The van der Waals surface area contributed by atoms with E-state index in [1.807, 2.05) is 24.3 Å². The lowest BCUT2D eigenvalue weighted by Gasteiger charge is -2.09. The largest absolute Gasteiger partial charge is 0.478 e. The number of fused-ring (bicyclic) bond motifs is 1. The van der Waals surface area contributed by atoms with Crippen molar-refractivity contribution < 1.29 is 28.9 Å². The van der Waals surface area contributed by atoms with E-state index in [9.17, 15) is 14.7 Å². The maximum absolute atomic E-state index is 11.9. The Hall–Kier alpha value is -4.26. The maximum Gasteiger partial charge on any atom is 0.336 e. The molecule has 0 saturated heterocycles. The summed E-state index contributed by atoms with van der Waals surface area (Å²) in [5, 5.41) is 9.71. The van der Waals surface area contributed by atoms with E-state index >= 15 is 0 Å². The van der Waals surface area contributed by atoms with Crippen LogP contribution in [0.2, 0.25) is 0 Å². The average molecular weight is 431 g/mol. The molecule has 4 rings (SSSR count). The predicted octanol–water partition coefficient (Wildman–Crippen LogP) is 4.25. The molecule has 32 heavy (non-hydrogen) atoms. The molecular formula is C25H21NO6. The summed E-state index contributed by atoms with van der Waals surface area (Å²) in [7, 11) is 0. The molecule has 0 atom stereocenters. The fourth-order valence-electron chi connectivity index (χ4n) is 3.27. The molecule has 3 aromatic carbocycles. The van der Waals surface area contributed by atoms with Crippen LogP contribution in [0.1, 0.15) is 23.1 Å². The normalized spacial score (nSPS) is 12.4. The second kappa shape index (κ2) is 9.26. The molecule has 0 radical (unpaired) electrons. The molecule has 3 aromatic rings. The first-order chi connectivity index (χ1) is 15.5. The van der Waals surface area contributed by atoms with E-state index < -0.39 is 5.97 Å². The lowest BCUT2D eigenvalue weighted by molar-refractivity contribution is -0.130. The Morgan fingerprint density at radius 2 is 1.59 bits per heavy atom. The van der Waals surface area contributed by atoms with E-state index in [0.717, 1.165) is 5.56 Å². The first-order valence-corrected chi connectivity index (χ1v) is 9.98. The standard InChI is InChI=1S/C25H21NO6/c26-24(27)12-4-16-1-7-19(8-2-16)32-20-9-5-18(6-10-20)21(25(28)29)13-17-3-11-22-23(14-17)31-15-30-22/h1-3,5-11,13-14H,4,12,15H2,(H2,26,27)(H,28,29)/b21-13+. The first kappa shape index (κ1) is 21.0. The van der Waals surface area contributed by atoms with Crippen molar-refractivity contribution in [2.75, 3.05) is 6.79 Å². The number of carbonyl (C=O) groups is 2. The number of primary amides is 1. The zero-order valence-corrected chi connectivity index (χ0v) is 17.1. The smallest absolute Gasteiger partial charge is 0.336 e. The molecule has 0 spiro atoms. The summed E-state index contributed by atoms with van der Waals surface area (Å²) in [5.41, 5.74) is 7.56. The van der Waals surface area contributed by atoms with E-state index in [2.05, 4.69) is 0 Å². The summed E-state index contributed by atoms with van der Waals surface area (Å²) in [5.74, 6) is 1.07. The van der Waals surface area contributed by atoms with E-state index in [-0.39, 0.29) is 18.3 Å². The van der Waals surface area contributed by atoms with Gasteiger partial charge in [-0.1, -0.05) is 30.3 Å². The molecule has 1 aliphatic rings. The van der Waals surface area contributed by atoms with Gasteiger partial charge < -0.3 is 25.1 Å². The number of carboxylic acids is 1. The predicted molar refractivity (Wildman–Crippen MR) is 119 cm³/mol. The second-order valence-electron chi connectivity index (χ2n) is 7.21. The summed E-state index contributed by atoms with van der Waals surface area (Å²) in [6, 6.07) is 19.5. The number of rotatable bonds is 8. The van der Waals surface area contributed by atoms with Crippen LogP contribution in [0.4, 0.5) is 0 Å². The van der Waals surface area contributed by atoms with Gasteiger partial charge in [0.05, 0.1) is 5.57 Å². The molecule has 0 aromatic heterocycles. The van der Waals surface area contributed by atoms with Crippen LogP contribution in [0.3, 0.4) is 0 Å². The van der Waals surface area contributed by atoms with Gasteiger partial charge in [-0.05, 0) is 65.6 Å². The molecule has 0 aliphatic carbocycles. The maximum atomic E-state index is 11.9. The molecule has 1 heterocycles. The number of nitrogens with two attached hydrogens (primary N) is 1. The van der Waals surface area contributed by atoms with E-state index in [0.29, 0.717) is 47.0 Å². The monoisotopic (exact) mass is 431 g/mol. The number of ether oxygens (including phenoxy) is 3. The summed E-state index contributed by atoms with van der Waals surface area (Å²) >= 11 is 0. The molecule has 1 aliphatic heterocycles. The van der Waals surface area contributed by atoms with Gasteiger partial charge in [0.15, 0.2) is 11.5 Å². The van der Waals surface area contributed by atoms with Gasteiger partial charge in [-0.3, -0.25) is 4.79 Å². The van der Waals surface area contributed by atoms with E-state index in [1.165, 1.54) is 0 Å². The van der Waals surface area contributed by atoms with Crippen LogP contribution >= 0.6 is 0 Å². The van der Waals surface area contributed by atoms with Crippen molar-refractivity contribution in [3.63, 3.8) is 0 Å². The van der Waals surface area contributed by atoms with E-state index in [1.54, 1.807) is 48.5 Å². The van der Waals surface area contributed by atoms with Crippen LogP contribution in [0, 0.1) is 0 Å². The second-order valence-corrected chi connectivity index (χ2v) is 7.21. The van der Waals surface area contributed by atoms with Gasteiger partial charge in [0, 0.05) is 6.42 Å². The van der Waals surface area contributed by atoms with Crippen LogP contribution in [0.15, 0.2) is 66.7 Å². The summed E-state index contributed by atoms with van der Waals surface area (Å²) < 4.78 is 16.5. The Kier molecular flexibility index (Phi) is 6.07. The highest BCUT2D eigenvalue weighted by Gasteiger charge is 2.15. The number of carbonyl (C=O) groups excluding carboxylic acids is 1. The molecule has 0 bridgehead atoms. The molecule has 7 heteroatoms. The van der Waals surface area contributed by atoms with Gasteiger partial charge in [-0.25, -0.2) is 4.79 Å². The molecule has 7 nitrogen and oxygen atoms in total. The number of aliphatic carboxylic acids is 1. The lowest BCUT2D eigenvalue weighted by Crippen LogP contribution is -2.11. The number of hydrogen-bond acceptors (Lipinski definition) is 5. The highest BCUT2D eigenvalue weighted by Crippen LogP contribution is 2.34. The fraction of sp³-hybridized carbons (Fsp3) is 0.120. The van der Waals surface area contributed by atoms with Gasteiger partial charge in [-0.2, -0.15) is 0 Å². The number of hydrogen-bond donors (Lipinski definition) is 2. The van der Waals surface area contributed by atoms with Crippen molar-refractivity contribution in [3.05, 3.63) is 83.4 Å². The number of amides is 1. The van der Waals surface area contributed by atoms with Crippen molar-refractivity contribution >= 4 is 23.5 Å². The van der Waals surface area contributed by atoms with Gasteiger partial charge in [0.2, 0.25) is 12.7 Å². The zero-order valence-electron chi connectivity index (χ0n) is 17.1. The Morgan fingerprint density at radius 3 is 2.25 bits per heavy atom. The topological polar surface area (TPSA) is 108 Å². The summed E-state index contributed by atoms with van der Waals surface area (Å²) in [4.78, 5) is 22.7. The minimum Gasteiger partial charge on any atom is -0.478 e. The van der Waals surface area contributed by atoms with Crippen LogP contribution in [-0.4, -0.2) is 23.8 Å². The molecule has 0 saturated carbocycles. The molecule has 3 N–H and O–H groups in total. The molecule has 1 amide bonds. The molecule has 162 valence electrons. The van der Waals surface area contributed by atoms with Gasteiger partial charge in [0.1, 0.15) is 11.5 Å². The molecule has 0 fully saturated rings. The third kappa shape index (κ3) is 5.07. The zero-order chi connectivity index (χ0) is 22.5. The quantitative estimate of drug-likeness (QED) is 0.408. The Labute approximate surface area is 184 Å². The average Bonchev–Trinajstić information content (AvgIpc) is 3.25. The minimum absolute atomic E-state index is 0.147. The Balaban J connectivity index is 1.47. The number of carboxylic acid groups (broad SMARTS) is 1. The Morgan fingerprint density at radius 1 is 0.938 bits per heavy atom. The third-order valence-electron chi connectivity index (χ3n) is 4.92. The molecule has 0 unspecified atom stereocenters. The highest BCUT2D eigenvalue weighted by atomic mass is 16.7.